The fourth-order valence-electron chi connectivity index (χ4n) is 2.12. The van der Waals surface area contributed by atoms with Crippen LogP contribution >= 0.6 is 0 Å². The molecule has 1 rings (SSSR count). The molecule has 0 heterocycles. The predicted molar refractivity (Wildman–Crippen MR) is 70.6 cm³/mol. The number of alkyl carbamates (subject to hydrolysis) is 1. The molecule has 0 aliphatic heterocycles. The standard InChI is InChI=1S/C13H24N2O4/c1-13(2,3)19-12(18)14-7-11(17)15-10-5-4-9(6-10)8-16/h9-10,16H,4-8H2,1-3H3,(H,14,18)(H,15,17). The number of hydrogen-bond donors (Lipinski definition) is 3. The van der Waals surface area contributed by atoms with E-state index in [-0.39, 0.29) is 31.0 Å². The Morgan fingerprint density at radius 2 is 2.00 bits per heavy atom. The fraction of sp³-hybridized carbons (Fsp3) is 0.846. The number of nitrogens with one attached hydrogen (secondary N) is 2. The van der Waals surface area contributed by atoms with E-state index in [4.69, 9.17) is 9.84 Å². The van der Waals surface area contributed by atoms with Crippen molar-refractivity contribution < 1.29 is 19.4 Å². The molecule has 0 aromatic heterocycles. The van der Waals surface area contributed by atoms with E-state index in [0.717, 1.165) is 19.3 Å². The topological polar surface area (TPSA) is 87.7 Å². The molecule has 19 heavy (non-hydrogen) atoms. The predicted octanol–water partition coefficient (Wildman–Crippen LogP) is 0.788. The van der Waals surface area contributed by atoms with Crippen molar-refractivity contribution in [2.75, 3.05) is 13.2 Å². The van der Waals surface area contributed by atoms with E-state index < -0.39 is 11.7 Å². The van der Waals surface area contributed by atoms with Crippen LogP contribution in [0.3, 0.4) is 0 Å². The molecule has 6 nitrogen and oxygen atoms in total. The van der Waals surface area contributed by atoms with Crippen LogP contribution in [0.4, 0.5) is 4.79 Å². The summed E-state index contributed by atoms with van der Waals surface area (Å²) in [5, 5.41) is 14.3. The van der Waals surface area contributed by atoms with Crippen LogP contribution in [-0.2, 0) is 9.53 Å². The lowest BCUT2D eigenvalue weighted by Crippen LogP contribution is -2.42. The third kappa shape index (κ3) is 6.42. The van der Waals surface area contributed by atoms with Crippen LogP contribution in [0.5, 0.6) is 0 Å². The molecule has 1 fully saturated rings. The normalized spacial score (nSPS) is 22.9. The quantitative estimate of drug-likeness (QED) is 0.706. The molecule has 1 saturated carbocycles. The van der Waals surface area contributed by atoms with Crippen molar-refractivity contribution in [3.05, 3.63) is 0 Å². The Bertz CT molecular complexity index is 325. The Balaban J connectivity index is 2.20. The van der Waals surface area contributed by atoms with Crippen LogP contribution in [0.2, 0.25) is 0 Å². The molecule has 0 aromatic rings. The van der Waals surface area contributed by atoms with Gasteiger partial charge in [-0.05, 0) is 46.0 Å². The van der Waals surface area contributed by atoms with Gasteiger partial charge in [-0.1, -0.05) is 0 Å². The van der Waals surface area contributed by atoms with Crippen molar-refractivity contribution in [1.29, 1.82) is 0 Å². The third-order valence-corrected chi connectivity index (χ3v) is 2.96. The highest BCUT2D eigenvalue weighted by molar-refractivity contribution is 5.82. The average Bonchev–Trinajstić information content (AvgIpc) is 2.72. The largest absolute Gasteiger partial charge is 0.444 e. The van der Waals surface area contributed by atoms with Crippen LogP contribution in [0, 0.1) is 5.92 Å². The summed E-state index contributed by atoms with van der Waals surface area (Å²) in [5.41, 5.74) is -0.569. The Morgan fingerprint density at radius 3 is 2.53 bits per heavy atom. The van der Waals surface area contributed by atoms with Gasteiger partial charge in [-0.25, -0.2) is 4.79 Å². The van der Waals surface area contributed by atoms with E-state index in [1.54, 1.807) is 20.8 Å². The lowest BCUT2D eigenvalue weighted by atomic mass is 10.1. The minimum absolute atomic E-state index is 0.0881. The van der Waals surface area contributed by atoms with Crippen molar-refractivity contribution in [1.82, 2.24) is 10.6 Å². The van der Waals surface area contributed by atoms with Crippen molar-refractivity contribution in [3.8, 4) is 0 Å². The van der Waals surface area contributed by atoms with Gasteiger partial charge in [-0.3, -0.25) is 4.79 Å². The first-order valence-electron chi connectivity index (χ1n) is 6.67. The fourth-order valence-corrected chi connectivity index (χ4v) is 2.12. The summed E-state index contributed by atoms with van der Waals surface area (Å²) in [7, 11) is 0. The smallest absolute Gasteiger partial charge is 0.408 e. The molecule has 1 aliphatic carbocycles. The van der Waals surface area contributed by atoms with Gasteiger partial charge in [-0.15, -0.1) is 0 Å². The molecule has 1 aliphatic rings. The van der Waals surface area contributed by atoms with Gasteiger partial charge in [0.2, 0.25) is 5.91 Å². The maximum atomic E-state index is 11.6. The molecule has 0 aromatic carbocycles. The number of carbonyl (C=O) groups is 2. The summed E-state index contributed by atoms with van der Waals surface area (Å²) in [6, 6.07) is 0.102. The summed E-state index contributed by atoms with van der Waals surface area (Å²) in [6.07, 6.45) is 2.02. The Morgan fingerprint density at radius 1 is 1.32 bits per heavy atom. The number of amides is 2. The van der Waals surface area contributed by atoms with E-state index in [2.05, 4.69) is 10.6 Å². The number of aliphatic hydroxyl groups is 1. The van der Waals surface area contributed by atoms with Gasteiger partial charge < -0.3 is 20.5 Å². The molecule has 2 atom stereocenters. The zero-order valence-electron chi connectivity index (χ0n) is 11.9. The summed E-state index contributed by atoms with van der Waals surface area (Å²) in [6.45, 7) is 5.37. The van der Waals surface area contributed by atoms with E-state index in [1.807, 2.05) is 0 Å². The van der Waals surface area contributed by atoms with Crippen LogP contribution in [0.25, 0.3) is 0 Å². The van der Waals surface area contributed by atoms with Gasteiger partial charge in [-0.2, -0.15) is 0 Å². The number of hydrogen-bond acceptors (Lipinski definition) is 4. The Labute approximate surface area is 113 Å². The SMILES string of the molecule is CC(C)(C)OC(=O)NCC(=O)NC1CCC(CO)C1. The summed E-state index contributed by atoms with van der Waals surface area (Å²) in [5.74, 6) is 0.0542. The van der Waals surface area contributed by atoms with Crippen molar-refractivity contribution in [2.24, 2.45) is 5.92 Å². The maximum absolute atomic E-state index is 11.6. The molecule has 0 spiro atoms. The minimum Gasteiger partial charge on any atom is -0.444 e. The molecular formula is C13H24N2O4. The van der Waals surface area contributed by atoms with E-state index >= 15 is 0 Å². The van der Waals surface area contributed by atoms with E-state index in [0.29, 0.717) is 0 Å². The second-order valence-electron chi connectivity index (χ2n) is 5.98. The second kappa shape index (κ2) is 6.75. The number of rotatable bonds is 4. The monoisotopic (exact) mass is 272 g/mol. The van der Waals surface area contributed by atoms with Crippen LogP contribution < -0.4 is 10.6 Å². The Kier molecular flexibility index (Phi) is 5.60. The summed E-state index contributed by atoms with van der Waals surface area (Å²) >= 11 is 0. The van der Waals surface area contributed by atoms with E-state index in [9.17, 15) is 9.59 Å². The first-order valence-corrected chi connectivity index (χ1v) is 6.67. The van der Waals surface area contributed by atoms with Gasteiger partial charge >= 0.3 is 6.09 Å². The third-order valence-electron chi connectivity index (χ3n) is 2.96. The van der Waals surface area contributed by atoms with Crippen LogP contribution in [0.15, 0.2) is 0 Å². The zero-order chi connectivity index (χ0) is 14.5. The highest BCUT2D eigenvalue weighted by Gasteiger charge is 2.25. The van der Waals surface area contributed by atoms with Gasteiger partial charge in [0, 0.05) is 12.6 Å². The molecule has 3 N–H and O–H groups in total. The van der Waals surface area contributed by atoms with Crippen molar-refractivity contribution >= 4 is 12.0 Å². The zero-order valence-corrected chi connectivity index (χ0v) is 11.9. The number of ether oxygens (including phenoxy) is 1. The molecule has 6 heteroatoms. The molecule has 0 bridgehead atoms. The van der Waals surface area contributed by atoms with Crippen LogP contribution in [0.1, 0.15) is 40.0 Å². The van der Waals surface area contributed by atoms with Gasteiger partial charge in [0.1, 0.15) is 12.1 Å². The lowest BCUT2D eigenvalue weighted by Gasteiger charge is -2.20. The maximum Gasteiger partial charge on any atom is 0.408 e. The molecule has 0 radical (unpaired) electrons. The van der Waals surface area contributed by atoms with Gasteiger partial charge in [0.25, 0.3) is 0 Å². The first-order chi connectivity index (χ1) is 8.80. The number of aliphatic hydroxyl groups excluding tert-OH is 1. The minimum atomic E-state index is -0.595. The average molecular weight is 272 g/mol. The molecule has 0 saturated heterocycles. The van der Waals surface area contributed by atoms with Crippen LogP contribution in [-0.4, -0.2) is 41.9 Å². The first kappa shape index (κ1) is 15.8. The van der Waals surface area contributed by atoms with Crippen molar-refractivity contribution in [3.63, 3.8) is 0 Å². The highest BCUT2D eigenvalue weighted by Crippen LogP contribution is 2.24. The number of carbonyl (C=O) groups excluding carboxylic acids is 2. The summed E-state index contributed by atoms with van der Waals surface area (Å²) in [4.78, 5) is 23.0. The molecule has 2 amide bonds. The highest BCUT2D eigenvalue weighted by atomic mass is 16.6. The molecular weight excluding hydrogens is 248 g/mol. The van der Waals surface area contributed by atoms with E-state index in [1.165, 1.54) is 0 Å². The van der Waals surface area contributed by atoms with Gasteiger partial charge in [0.15, 0.2) is 0 Å². The van der Waals surface area contributed by atoms with Crippen molar-refractivity contribution in [2.45, 2.75) is 51.7 Å². The summed E-state index contributed by atoms with van der Waals surface area (Å²) < 4.78 is 5.03. The molecule has 110 valence electrons. The Hall–Kier alpha value is -1.30. The lowest BCUT2D eigenvalue weighted by molar-refractivity contribution is -0.121. The molecule has 2 unspecified atom stereocenters. The van der Waals surface area contributed by atoms with Gasteiger partial charge in [0.05, 0.1) is 0 Å². The second-order valence-corrected chi connectivity index (χ2v) is 5.98.